The van der Waals surface area contributed by atoms with Gasteiger partial charge >= 0.3 is 0 Å². The van der Waals surface area contributed by atoms with E-state index in [4.69, 9.17) is 0 Å². The maximum Gasteiger partial charge on any atom is 0.245 e. The predicted molar refractivity (Wildman–Crippen MR) is 93.0 cm³/mol. The summed E-state index contributed by atoms with van der Waals surface area (Å²) in [5.41, 5.74) is 1.80. The Balaban J connectivity index is 1.73. The van der Waals surface area contributed by atoms with Crippen molar-refractivity contribution in [1.29, 1.82) is 0 Å². The Morgan fingerprint density at radius 1 is 1.04 bits per heavy atom. The van der Waals surface area contributed by atoms with E-state index in [1.807, 2.05) is 0 Å². The largest absolute Gasteiger partial charge is 0.327 e. The fraction of sp³-hybridized carbons (Fsp3) is 0.300. The quantitative estimate of drug-likeness (QED) is 0.843. The monoisotopic (exact) mass is 358 g/mol. The molecule has 6 heteroatoms. The highest BCUT2D eigenvalue weighted by atomic mass is 19.1. The molecule has 0 spiro atoms. The van der Waals surface area contributed by atoms with Gasteiger partial charge in [0.15, 0.2) is 0 Å². The molecule has 0 saturated carbocycles. The topological polar surface area (TPSA) is 40.6 Å². The van der Waals surface area contributed by atoms with E-state index in [1.54, 1.807) is 38.1 Å². The van der Waals surface area contributed by atoms with Crippen molar-refractivity contribution in [2.24, 2.45) is 0 Å². The number of rotatable bonds is 4. The van der Waals surface area contributed by atoms with Crippen LogP contribution in [0.4, 0.5) is 8.78 Å². The smallest absolute Gasteiger partial charge is 0.245 e. The minimum Gasteiger partial charge on any atom is -0.327 e. The minimum absolute atomic E-state index is 0.0754. The molecule has 26 heavy (non-hydrogen) atoms. The molecule has 0 radical (unpaired) electrons. The zero-order valence-corrected chi connectivity index (χ0v) is 14.7. The van der Waals surface area contributed by atoms with Crippen LogP contribution in [0.1, 0.15) is 23.6 Å². The Morgan fingerprint density at radius 3 is 2.46 bits per heavy atom. The first-order valence-corrected chi connectivity index (χ1v) is 8.43. The molecule has 0 N–H and O–H groups in total. The average Bonchev–Trinajstić information content (AvgIpc) is 2.59. The van der Waals surface area contributed by atoms with Crippen LogP contribution in [0.2, 0.25) is 0 Å². The molecule has 1 atom stereocenters. The van der Waals surface area contributed by atoms with Crippen molar-refractivity contribution < 1.29 is 18.4 Å². The standard InChI is InChI=1S/C20H20F2N2O2/c1-13-6-7-16(9-18(13)22)11-24-14(2)20(26)23(12-19(24)25)10-15-4-3-5-17(21)8-15/h3-9,14H,10-12H2,1-2H3/t14-/m0/s1. The first-order chi connectivity index (χ1) is 12.3. The molecule has 2 aromatic carbocycles. The number of halogens is 2. The Bertz CT molecular complexity index is 853. The lowest BCUT2D eigenvalue weighted by atomic mass is 10.1. The van der Waals surface area contributed by atoms with E-state index < -0.39 is 6.04 Å². The van der Waals surface area contributed by atoms with Gasteiger partial charge in [-0.1, -0.05) is 24.3 Å². The van der Waals surface area contributed by atoms with Crippen LogP contribution >= 0.6 is 0 Å². The Kier molecular flexibility index (Phi) is 5.02. The van der Waals surface area contributed by atoms with Gasteiger partial charge in [-0.2, -0.15) is 0 Å². The zero-order valence-electron chi connectivity index (χ0n) is 14.7. The van der Waals surface area contributed by atoms with Crippen molar-refractivity contribution >= 4 is 11.8 Å². The van der Waals surface area contributed by atoms with E-state index in [2.05, 4.69) is 0 Å². The number of amides is 2. The van der Waals surface area contributed by atoms with Crippen LogP contribution in [0.3, 0.4) is 0 Å². The molecule has 2 aromatic rings. The second-order valence-electron chi connectivity index (χ2n) is 6.61. The van der Waals surface area contributed by atoms with E-state index in [-0.39, 0.29) is 43.1 Å². The molecule has 0 aliphatic carbocycles. The van der Waals surface area contributed by atoms with Crippen molar-refractivity contribution in [3.63, 3.8) is 0 Å². The van der Waals surface area contributed by atoms with E-state index in [1.165, 1.54) is 28.0 Å². The van der Waals surface area contributed by atoms with Crippen molar-refractivity contribution in [2.75, 3.05) is 6.54 Å². The molecule has 1 heterocycles. The fourth-order valence-corrected chi connectivity index (χ4v) is 3.09. The number of hydrogen-bond donors (Lipinski definition) is 0. The molecule has 1 aliphatic heterocycles. The lowest BCUT2D eigenvalue weighted by Crippen LogP contribution is -2.58. The SMILES string of the molecule is Cc1ccc(CN2C(=O)CN(Cc3cccc(F)c3)C(=O)[C@@H]2C)cc1F. The molecule has 0 bridgehead atoms. The third-order valence-electron chi connectivity index (χ3n) is 4.63. The van der Waals surface area contributed by atoms with E-state index in [0.717, 1.165) is 0 Å². The Morgan fingerprint density at radius 2 is 1.77 bits per heavy atom. The van der Waals surface area contributed by atoms with Gasteiger partial charge in [0.25, 0.3) is 0 Å². The van der Waals surface area contributed by atoms with E-state index in [9.17, 15) is 18.4 Å². The van der Waals surface area contributed by atoms with Crippen molar-refractivity contribution in [3.8, 4) is 0 Å². The molecular formula is C20H20F2N2O2. The van der Waals surface area contributed by atoms with Gasteiger partial charge in [0.2, 0.25) is 11.8 Å². The summed E-state index contributed by atoms with van der Waals surface area (Å²) < 4.78 is 27.1. The summed E-state index contributed by atoms with van der Waals surface area (Å²) in [5.74, 6) is -1.14. The van der Waals surface area contributed by atoms with Gasteiger partial charge in [0, 0.05) is 13.1 Å². The second-order valence-corrected chi connectivity index (χ2v) is 6.61. The number of benzene rings is 2. The number of carbonyl (C=O) groups excluding carboxylic acids is 2. The van der Waals surface area contributed by atoms with Gasteiger partial charge in [0.1, 0.15) is 24.2 Å². The summed E-state index contributed by atoms with van der Waals surface area (Å²) in [5, 5.41) is 0. The van der Waals surface area contributed by atoms with Crippen molar-refractivity contribution in [3.05, 3.63) is 70.8 Å². The van der Waals surface area contributed by atoms with Gasteiger partial charge in [-0.05, 0) is 48.7 Å². The molecule has 2 amide bonds. The summed E-state index contributed by atoms with van der Waals surface area (Å²) in [6.07, 6.45) is 0. The lowest BCUT2D eigenvalue weighted by Gasteiger charge is -2.39. The summed E-state index contributed by atoms with van der Waals surface area (Å²) in [4.78, 5) is 28.1. The molecule has 0 unspecified atom stereocenters. The molecule has 0 aromatic heterocycles. The minimum atomic E-state index is -0.658. The second kappa shape index (κ2) is 7.23. The van der Waals surface area contributed by atoms with Crippen LogP contribution in [0.25, 0.3) is 0 Å². The van der Waals surface area contributed by atoms with Gasteiger partial charge in [-0.15, -0.1) is 0 Å². The van der Waals surface area contributed by atoms with Crippen molar-refractivity contribution in [1.82, 2.24) is 9.80 Å². The number of aryl methyl sites for hydroxylation is 1. The Labute approximate surface area is 151 Å². The highest BCUT2D eigenvalue weighted by Crippen LogP contribution is 2.20. The molecular weight excluding hydrogens is 338 g/mol. The molecule has 136 valence electrons. The van der Waals surface area contributed by atoms with Gasteiger partial charge in [0.05, 0.1) is 0 Å². The van der Waals surface area contributed by atoms with Crippen LogP contribution in [0.5, 0.6) is 0 Å². The summed E-state index contributed by atoms with van der Waals surface area (Å²) >= 11 is 0. The Hall–Kier alpha value is -2.76. The maximum atomic E-state index is 13.7. The first-order valence-electron chi connectivity index (χ1n) is 8.43. The van der Waals surface area contributed by atoms with Crippen molar-refractivity contribution in [2.45, 2.75) is 33.0 Å². The molecule has 1 saturated heterocycles. The van der Waals surface area contributed by atoms with Gasteiger partial charge < -0.3 is 9.80 Å². The number of nitrogens with zero attached hydrogens (tertiary/aromatic N) is 2. The van der Waals surface area contributed by atoms with Gasteiger partial charge in [-0.25, -0.2) is 8.78 Å². The fourth-order valence-electron chi connectivity index (χ4n) is 3.09. The number of piperazine rings is 1. The predicted octanol–water partition coefficient (Wildman–Crippen LogP) is 3.03. The third-order valence-corrected chi connectivity index (χ3v) is 4.63. The van der Waals surface area contributed by atoms with Crippen LogP contribution in [0, 0.1) is 18.6 Å². The summed E-state index contributed by atoms with van der Waals surface area (Å²) in [6.45, 7) is 3.61. The molecule has 1 fully saturated rings. The number of carbonyl (C=O) groups is 2. The molecule has 1 aliphatic rings. The molecule has 4 nitrogen and oxygen atoms in total. The lowest BCUT2D eigenvalue weighted by molar-refractivity contribution is -0.156. The van der Waals surface area contributed by atoms with Gasteiger partial charge in [-0.3, -0.25) is 9.59 Å². The summed E-state index contributed by atoms with van der Waals surface area (Å²) in [7, 11) is 0. The van der Waals surface area contributed by atoms with Crippen LogP contribution in [-0.2, 0) is 22.7 Å². The van der Waals surface area contributed by atoms with E-state index >= 15 is 0 Å². The normalized spacial score (nSPS) is 17.8. The first kappa shape index (κ1) is 18.0. The van der Waals surface area contributed by atoms with Crippen LogP contribution in [-0.4, -0.2) is 34.2 Å². The summed E-state index contributed by atoms with van der Waals surface area (Å²) in [6, 6.07) is 10.1. The molecule has 3 rings (SSSR count). The number of hydrogen-bond acceptors (Lipinski definition) is 2. The van der Waals surface area contributed by atoms with E-state index in [0.29, 0.717) is 16.7 Å². The van der Waals surface area contributed by atoms with Crippen LogP contribution in [0.15, 0.2) is 42.5 Å². The third kappa shape index (κ3) is 3.74. The maximum absolute atomic E-state index is 13.7. The average molecular weight is 358 g/mol. The highest BCUT2D eigenvalue weighted by Gasteiger charge is 2.36. The van der Waals surface area contributed by atoms with Crippen LogP contribution < -0.4 is 0 Å². The zero-order chi connectivity index (χ0) is 18.8. The highest BCUT2D eigenvalue weighted by molar-refractivity contribution is 5.94.